The monoisotopic (exact) mass is 312 g/mol. The lowest BCUT2D eigenvalue weighted by atomic mass is 9.97. The molecule has 0 radical (unpaired) electrons. The lowest BCUT2D eigenvalue weighted by Crippen LogP contribution is -2.14. The van der Waals surface area contributed by atoms with Crippen molar-refractivity contribution in [1.29, 1.82) is 0 Å². The third-order valence-electron chi connectivity index (χ3n) is 3.69. The predicted octanol–water partition coefficient (Wildman–Crippen LogP) is 1.71. The second-order valence-electron chi connectivity index (χ2n) is 5.05. The molecule has 3 N–H and O–H groups in total. The fraction of sp³-hybridized carbons (Fsp3) is 0.133. The van der Waals surface area contributed by atoms with Crippen molar-refractivity contribution in [2.45, 2.75) is 0 Å². The number of nitrogens with two attached hydrogens (primary N) is 1. The summed E-state index contributed by atoms with van der Waals surface area (Å²) in [4.78, 5) is 12.3. The van der Waals surface area contributed by atoms with Gasteiger partial charge in [-0.25, -0.2) is 9.37 Å². The van der Waals surface area contributed by atoms with Gasteiger partial charge in [-0.1, -0.05) is 6.08 Å². The number of methoxy groups -OCH3 is 1. The fourth-order valence-electron chi connectivity index (χ4n) is 2.73. The second kappa shape index (κ2) is 4.94. The highest BCUT2D eigenvalue weighted by atomic mass is 19.1. The summed E-state index contributed by atoms with van der Waals surface area (Å²) >= 11 is 0. The Kier molecular flexibility index (Phi) is 2.90. The number of anilines is 2. The zero-order valence-corrected chi connectivity index (χ0v) is 12.2. The van der Waals surface area contributed by atoms with E-state index in [1.54, 1.807) is 16.8 Å². The van der Waals surface area contributed by atoms with Gasteiger partial charge < -0.3 is 20.2 Å². The third kappa shape index (κ3) is 2.07. The summed E-state index contributed by atoms with van der Waals surface area (Å²) in [6.45, 7) is 0.547. The van der Waals surface area contributed by atoms with E-state index in [1.165, 1.54) is 13.2 Å². The Morgan fingerprint density at radius 3 is 3.09 bits per heavy atom. The Labute approximate surface area is 130 Å². The molecule has 3 aromatic heterocycles. The molecule has 0 saturated carbocycles. The zero-order chi connectivity index (χ0) is 16.0. The molecule has 116 valence electrons. The van der Waals surface area contributed by atoms with Gasteiger partial charge in [-0.05, 0) is 11.6 Å². The first-order chi connectivity index (χ1) is 11.2. The number of hydrogen-bond acceptors (Lipinski definition) is 6. The number of imidazole rings is 1. The zero-order valence-electron chi connectivity index (χ0n) is 12.2. The number of rotatable bonds is 2. The van der Waals surface area contributed by atoms with Gasteiger partial charge in [-0.3, -0.25) is 0 Å². The van der Waals surface area contributed by atoms with Gasteiger partial charge in [0.1, 0.15) is 5.82 Å². The van der Waals surface area contributed by atoms with Crippen molar-refractivity contribution in [3.8, 4) is 5.88 Å². The molecule has 8 heteroatoms. The minimum Gasteiger partial charge on any atom is -0.480 e. The van der Waals surface area contributed by atoms with E-state index in [-0.39, 0.29) is 11.6 Å². The summed E-state index contributed by atoms with van der Waals surface area (Å²) < 4.78 is 21.2. The van der Waals surface area contributed by atoms with Crippen molar-refractivity contribution in [2.24, 2.45) is 0 Å². The molecule has 0 unspecified atom stereocenters. The topological polar surface area (TPSA) is 90.4 Å². The maximum absolute atomic E-state index is 14.2. The van der Waals surface area contributed by atoms with Crippen molar-refractivity contribution in [1.82, 2.24) is 19.4 Å². The van der Waals surface area contributed by atoms with E-state index in [4.69, 9.17) is 10.5 Å². The van der Waals surface area contributed by atoms with Crippen molar-refractivity contribution in [2.75, 3.05) is 24.7 Å². The molecule has 4 rings (SSSR count). The molecule has 0 spiro atoms. The summed E-state index contributed by atoms with van der Waals surface area (Å²) in [6, 6.07) is 1.44. The van der Waals surface area contributed by atoms with Crippen LogP contribution in [0.5, 0.6) is 5.88 Å². The largest absolute Gasteiger partial charge is 0.480 e. The van der Waals surface area contributed by atoms with Gasteiger partial charge in [0.05, 0.1) is 12.7 Å². The highest BCUT2D eigenvalue weighted by Crippen LogP contribution is 2.37. The average Bonchev–Trinajstić information content (AvgIpc) is 3.02. The molecule has 0 atom stereocenters. The smallest absolute Gasteiger partial charge is 0.228 e. The van der Waals surface area contributed by atoms with Gasteiger partial charge in [0, 0.05) is 30.7 Å². The molecule has 7 nitrogen and oxygen atoms in total. The van der Waals surface area contributed by atoms with Crippen LogP contribution in [-0.4, -0.2) is 33.0 Å². The van der Waals surface area contributed by atoms with Gasteiger partial charge in [-0.2, -0.15) is 9.97 Å². The molecule has 0 aromatic carbocycles. The molecular weight excluding hydrogens is 299 g/mol. The number of pyridine rings is 1. The molecule has 3 aromatic rings. The van der Waals surface area contributed by atoms with E-state index in [1.807, 2.05) is 12.3 Å². The summed E-state index contributed by atoms with van der Waals surface area (Å²) in [6.07, 6.45) is 6.99. The average molecular weight is 312 g/mol. The van der Waals surface area contributed by atoms with Crippen LogP contribution in [0.1, 0.15) is 11.1 Å². The highest BCUT2D eigenvalue weighted by Gasteiger charge is 2.23. The molecule has 0 amide bonds. The summed E-state index contributed by atoms with van der Waals surface area (Å²) in [5.41, 5.74) is 8.10. The molecule has 0 saturated heterocycles. The lowest BCUT2D eigenvalue weighted by molar-refractivity contribution is 0.396. The predicted molar refractivity (Wildman–Crippen MR) is 83.7 cm³/mol. The minimum atomic E-state index is -0.399. The van der Waals surface area contributed by atoms with Crippen LogP contribution in [0.2, 0.25) is 0 Å². The van der Waals surface area contributed by atoms with Gasteiger partial charge in [0.2, 0.25) is 11.8 Å². The standard InChI is InChI=1S/C15H13FN6O/c1-23-14-11-9(2-3-18-12(11)20-15(17)21-14)8-6-10(16)13-19-4-5-22(13)7-8/h2,4-7H,3H2,1H3,(H3,17,18,20,21). The first-order valence-electron chi connectivity index (χ1n) is 6.96. The molecular formula is C15H13FN6O. The van der Waals surface area contributed by atoms with Crippen LogP contribution in [0, 0.1) is 5.82 Å². The van der Waals surface area contributed by atoms with Gasteiger partial charge >= 0.3 is 0 Å². The van der Waals surface area contributed by atoms with Crippen LogP contribution in [0.4, 0.5) is 16.2 Å². The lowest BCUT2D eigenvalue weighted by Gasteiger charge is -2.21. The van der Waals surface area contributed by atoms with Gasteiger partial charge in [0.25, 0.3) is 0 Å². The number of fused-ring (bicyclic) bond motifs is 2. The number of hydrogen-bond donors (Lipinski definition) is 2. The molecule has 23 heavy (non-hydrogen) atoms. The Morgan fingerprint density at radius 2 is 2.26 bits per heavy atom. The number of aromatic nitrogens is 4. The molecule has 1 aliphatic heterocycles. The van der Waals surface area contributed by atoms with E-state index in [0.717, 1.165) is 5.57 Å². The first kappa shape index (κ1) is 13.5. The normalized spacial score (nSPS) is 13.4. The number of nitrogens with one attached hydrogen (secondary N) is 1. The van der Waals surface area contributed by atoms with Crippen molar-refractivity contribution in [3.05, 3.63) is 47.7 Å². The highest BCUT2D eigenvalue weighted by molar-refractivity contribution is 5.89. The van der Waals surface area contributed by atoms with Gasteiger partial charge in [0.15, 0.2) is 11.5 Å². The Morgan fingerprint density at radius 1 is 1.39 bits per heavy atom. The van der Waals surface area contributed by atoms with E-state index >= 15 is 0 Å². The minimum absolute atomic E-state index is 0.116. The maximum atomic E-state index is 14.2. The molecule has 4 heterocycles. The summed E-state index contributed by atoms with van der Waals surface area (Å²) in [5, 5.41) is 3.12. The fourth-order valence-corrected chi connectivity index (χ4v) is 2.73. The second-order valence-corrected chi connectivity index (χ2v) is 5.05. The first-order valence-corrected chi connectivity index (χ1v) is 6.96. The van der Waals surface area contributed by atoms with Crippen molar-refractivity contribution < 1.29 is 9.13 Å². The SMILES string of the molecule is COc1nc(N)nc2c1C(c1cc(F)c3nccn3c1)=CCN2. The number of ether oxygens (including phenoxy) is 1. The molecule has 1 aliphatic rings. The molecule has 0 bridgehead atoms. The van der Waals surface area contributed by atoms with Crippen molar-refractivity contribution >= 4 is 23.0 Å². The molecule has 0 aliphatic carbocycles. The maximum Gasteiger partial charge on any atom is 0.228 e. The number of halogens is 1. The van der Waals surface area contributed by atoms with Crippen LogP contribution < -0.4 is 15.8 Å². The summed E-state index contributed by atoms with van der Waals surface area (Å²) in [5.74, 6) is 0.629. The third-order valence-corrected chi connectivity index (χ3v) is 3.69. The number of nitrogens with zero attached hydrogens (tertiary/aromatic N) is 4. The van der Waals surface area contributed by atoms with Crippen LogP contribution in [0.15, 0.2) is 30.7 Å². The Bertz CT molecular complexity index is 949. The number of nitrogen functional groups attached to an aromatic ring is 1. The van der Waals surface area contributed by atoms with Crippen LogP contribution in [0.25, 0.3) is 11.2 Å². The van der Waals surface area contributed by atoms with Crippen LogP contribution in [0.3, 0.4) is 0 Å². The van der Waals surface area contributed by atoms with Crippen LogP contribution in [-0.2, 0) is 0 Å². The summed E-state index contributed by atoms with van der Waals surface area (Å²) in [7, 11) is 1.51. The van der Waals surface area contributed by atoms with E-state index < -0.39 is 5.82 Å². The van der Waals surface area contributed by atoms with E-state index in [9.17, 15) is 4.39 Å². The van der Waals surface area contributed by atoms with Crippen molar-refractivity contribution in [3.63, 3.8) is 0 Å². The molecule has 0 fully saturated rings. The van der Waals surface area contributed by atoms with E-state index in [0.29, 0.717) is 29.4 Å². The Balaban J connectivity index is 1.95. The Hall–Kier alpha value is -3.16. The van der Waals surface area contributed by atoms with Crippen LogP contribution >= 0.6 is 0 Å². The quantitative estimate of drug-likeness (QED) is 0.748. The van der Waals surface area contributed by atoms with Gasteiger partial charge in [-0.15, -0.1) is 0 Å². The van der Waals surface area contributed by atoms with E-state index in [2.05, 4.69) is 20.3 Å².